The van der Waals surface area contributed by atoms with Crippen molar-refractivity contribution < 1.29 is 9.32 Å². The summed E-state index contributed by atoms with van der Waals surface area (Å²) in [4.78, 5) is 12.8. The van der Waals surface area contributed by atoms with E-state index in [2.05, 4.69) is 15.6 Å². The van der Waals surface area contributed by atoms with Gasteiger partial charge in [-0.25, -0.2) is 0 Å². The number of carbonyl (C=O) groups excluding carboxylic acids is 1. The first-order chi connectivity index (χ1) is 12.3. The lowest BCUT2D eigenvalue weighted by atomic mass is 10.1. The number of nitrogens with zero attached hydrogens (tertiary/aromatic N) is 3. The standard InChI is InChI=1S/C19H21ClN4O2/c1-10-7-6-8-11(2)17(10)21-19(25)18-15(14(5)26-23-18)9-24-13(4)16(20)12(3)22-24/h6-8H,9H2,1-5H3,(H,21,25). The second kappa shape index (κ2) is 6.96. The number of amides is 1. The maximum Gasteiger partial charge on any atom is 0.278 e. The first-order valence-corrected chi connectivity index (χ1v) is 8.69. The van der Waals surface area contributed by atoms with Crippen LogP contribution in [0.15, 0.2) is 22.7 Å². The van der Waals surface area contributed by atoms with Crippen molar-refractivity contribution in [3.8, 4) is 0 Å². The Kier molecular flexibility index (Phi) is 4.87. The largest absolute Gasteiger partial charge is 0.361 e. The van der Waals surface area contributed by atoms with Crippen LogP contribution in [0.3, 0.4) is 0 Å². The molecule has 0 fully saturated rings. The normalized spacial score (nSPS) is 11.0. The summed E-state index contributed by atoms with van der Waals surface area (Å²) in [6.45, 7) is 9.79. The van der Waals surface area contributed by atoms with Crippen LogP contribution in [0.4, 0.5) is 5.69 Å². The quantitative estimate of drug-likeness (QED) is 0.738. The van der Waals surface area contributed by atoms with Gasteiger partial charge in [-0.1, -0.05) is 35.0 Å². The van der Waals surface area contributed by atoms with Crippen molar-refractivity contribution >= 4 is 23.2 Å². The third-order valence-electron chi connectivity index (χ3n) is 4.52. The number of hydrogen-bond donors (Lipinski definition) is 1. The molecule has 2 aromatic heterocycles. The molecule has 1 aromatic carbocycles. The number of para-hydroxylation sites is 1. The molecule has 0 saturated heterocycles. The summed E-state index contributed by atoms with van der Waals surface area (Å²) in [5.41, 5.74) is 5.31. The van der Waals surface area contributed by atoms with Gasteiger partial charge in [-0.05, 0) is 45.7 Å². The van der Waals surface area contributed by atoms with Gasteiger partial charge in [0.2, 0.25) is 0 Å². The molecule has 136 valence electrons. The van der Waals surface area contributed by atoms with Crippen LogP contribution >= 0.6 is 11.6 Å². The van der Waals surface area contributed by atoms with Crippen LogP contribution in [0, 0.1) is 34.6 Å². The summed E-state index contributed by atoms with van der Waals surface area (Å²) < 4.78 is 7.04. The van der Waals surface area contributed by atoms with Gasteiger partial charge in [-0.15, -0.1) is 0 Å². The Labute approximate surface area is 157 Å². The summed E-state index contributed by atoms with van der Waals surface area (Å²) in [5, 5.41) is 12.0. The van der Waals surface area contributed by atoms with Gasteiger partial charge >= 0.3 is 0 Å². The molecule has 0 aliphatic heterocycles. The zero-order chi connectivity index (χ0) is 19.0. The average Bonchev–Trinajstić information content (AvgIpc) is 3.07. The van der Waals surface area contributed by atoms with Gasteiger partial charge in [0.25, 0.3) is 5.91 Å². The molecule has 0 aliphatic rings. The third kappa shape index (κ3) is 3.24. The molecule has 0 radical (unpaired) electrons. The Balaban J connectivity index is 1.92. The SMILES string of the molecule is Cc1cccc(C)c1NC(=O)c1noc(C)c1Cn1nc(C)c(Cl)c1C. The number of carbonyl (C=O) groups is 1. The van der Waals surface area contributed by atoms with Crippen LogP contribution < -0.4 is 5.32 Å². The van der Waals surface area contributed by atoms with Gasteiger partial charge in [-0.3, -0.25) is 9.48 Å². The van der Waals surface area contributed by atoms with Crippen molar-refractivity contribution in [1.82, 2.24) is 14.9 Å². The molecule has 0 atom stereocenters. The van der Waals surface area contributed by atoms with Crippen LogP contribution in [-0.4, -0.2) is 20.8 Å². The maximum absolute atomic E-state index is 12.8. The Morgan fingerprint density at radius 1 is 1.19 bits per heavy atom. The molecule has 2 heterocycles. The highest BCUT2D eigenvalue weighted by molar-refractivity contribution is 6.31. The number of rotatable bonds is 4. The van der Waals surface area contributed by atoms with Gasteiger partial charge in [0.1, 0.15) is 5.76 Å². The van der Waals surface area contributed by atoms with E-state index in [0.717, 1.165) is 28.2 Å². The van der Waals surface area contributed by atoms with E-state index in [4.69, 9.17) is 16.1 Å². The molecule has 3 aromatic rings. The maximum atomic E-state index is 12.8. The molecule has 0 bridgehead atoms. The number of hydrogen-bond acceptors (Lipinski definition) is 4. The van der Waals surface area contributed by atoms with E-state index in [1.165, 1.54) is 0 Å². The minimum atomic E-state index is -0.304. The van der Waals surface area contributed by atoms with Gasteiger partial charge in [0.05, 0.1) is 23.0 Å². The van der Waals surface area contributed by atoms with E-state index >= 15 is 0 Å². The monoisotopic (exact) mass is 372 g/mol. The Morgan fingerprint density at radius 3 is 2.42 bits per heavy atom. The van der Waals surface area contributed by atoms with Crippen molar-refractivity contribution in [3.05, 3.63) is 62.8 Å². The van der Waals surface area contributed by atoms with Crippen LogP contribution in [-0.2, 0) is 6.54 Å². The first-order valence-electron chi connectivity index (χ1n) is 8.31. The Hall–Kier alpha value is -2.60. The van der Waals surface area contributed by atoms with Crippen LogP contribution in [0.5, 0.6) is 0 Å². The minimum absolute atomic E-state index is 0.258. The van der Waals surface area contributed by atoms with Gasteiger partial charge in [0.15, 0.2) is 5.69 Å². The number of halogens is 1. The number of aromatic nitrogens is 3. The highest BCUT2D eigenvalue weighted by Crippen LogP contribution is 2.24. The Morgan fingerprint density at radius 2 is 1.85 bits per heavy atom. The topological polar surface area (TPSA) is 73.0 Å². The lowest BCUT2D eigenvalue weighted by Gasteiger charge is -2.11. The molecule has 0 spiro atoms. The lowest BCUT2D eigenvalue weighted by Crippen LogP contribution is -2.17. The van der Waals surface area contributed by atoms with Crippen molar-refractivity contribution in [1.29, 1.82) is 0 Å². The number of benzene rings is 1. The van der Waals surface area contributed by atoms with E-state index in [0.29, 0.717) is 22.9 Å². The van der Waals surface area contributed by atoms with Crippen LogP contribution in [0.2, 0.25) is 5.02 Å². The van der Waals surface area contributed by atoms with E-state index in [9.17, 15) is 4.79 Å². The zero-order valence-electron chi connectivity index (χ0n) is 15.5. The predicted octanol–water partition coefficient (Wildman–Crippen LogP) is 4.37. The van der Waals surface area contributed by atoms with Crippen molar-refractivity contribution in [2.45, 2.75) is 41.2 Å². The summed E-state index contributed by atoms with van der Waals surface area (Å²) in [7, 11) is 0. The molecule has 0 saturated carbocycles. The third-order valence-corrected chi connectivity index (χ3v) is 5.07. The van der Waals surface area contributed by atoms with Gasteiger partial charge < -0.3 is 9.84 Å². The summed E-state index contributed by atoms with van der Waals surface area (Å²) >= 11 is 6.22. The molecular formula is C19H21ClN4O2. The number of nitrogens with one attached hydrogen (secondary N) is 1. The fourth-order valence-electron chi connectivity index (χ4n) is 2.92. The highest BCUT2D eigenvalue weighted by atomic mass is 35.5. The first kappa shape index (κ1) is 18.2. The minimum Gasteiger partial charge on any atom is -0.361 e. The number of aryl methyl sites for hydroxylation is 4. The molecular weight excluding hydrogens is 352 g/mol. The fraction of sp³-hybridized carbons (Fsp3) is 0.316. The van der Waals surface area contributed by atoms with E-state index in [-0.39, 0.29) is 11.6 Å². The summed E-state index contributed by atoms with van der Waals surface area (Å²) in [5.74, 6) is 0.280. The van der Waals surface area contributed by atoms with Crippen molar-refractivity contribution in [2.24, 2.45) is 0 Å². The Bertz CT molecular complexity index is 968. The van der Waals surface area contributed by atoms with Crippen molar-refractivity contribution in [2.75, 3.05) is 5.32 Å². The smallest absolute Gasteiger partial charge is 0.278 e. The van der Waals surface area contributed by atoms with Crippen LogP contribution in [0.1, 0.15) is 44.3 Å². The molecule has 1 amide bonds. The van der Waals surface area contributed by atoms with Crippen molar-refractivity contribution in [3.63, 3.8) is 0 Å². The highest BCUT2D eigenvalue weighted by Gasteiger charge is 2.22. The molecule has 0 unspecified atom stereocenters. The van der Waals surface area contributed by atoms with E-state index < -0.39 is 0 Å². The summed E-state index contributed by atoms with van der Waals surface area (Å²) in [6.07, 6.45) is 0. The van der Waals surface area contributed by atoms with Crippen LogP contribution in [0.25, 0.3) is 0 Å². The fourth-order valence-corrected chi connectivity index (χ4v) is 3.05. The molecule has 1 N–H and O–H groups in total. The van der Waals surface area contributed by atoms with E-state index in [1.807, 2.05) is 45.9 Å². The second-order valence-corrected chi connectivity index (χ2v) is 6.81. The zero-order valence-corrected chi connectivity index (χ0v) is 16.2. The molecule has 0 aliphatic carbocycles. The summed E-state index contributed by atoms with van der Waals surface area (Å²) in [6, 6.07) is 5.86. The number of anilines is 1. The lowest BCUT2D eigenvalue weighted by molar-refractivity contribution is 0.101. The average molecular weight is 373 g/mol. The van der Waals surface area contributed by atoms with E-state index in [1.54, 1.807) is 11.6 Å². The molecule has 3 rings (SSSR count). The van der Waals surface area contributed by atoms with Gasteiger partial charge in [-0.2, -0.15) is 5.10 Å². The molecule has 7 heteroatoms. The predicted molar refractivity (Wildman–Crippen MR) is 101 cm³/mol. The van der Waals surface area contributed by atoms with Gasteiger partial charge in [0, 0.05) is 11.3 Å². The molecule has 26 heavy (non-hydrogen) atoms. The second-order valence-electron chi connectivity index (χ2n) is 6.43. The molecule has 6 nitrogen and oxygen atoms in total.